The van der Waals surface area contributed by atoms with E-state index in [2.05, 4.69) is 24.5 Å². The van der Waals surface area contributed by atoms with Gasteiger partial charge in [0.1, 0.15) is 0 Å². The fraction of sp³-hybridized carbons (Fsp3) is 0.909. The summed E-state index contributed by atoms with van der Waals surface area (Å²) in [5.74, 6) is 1.43. The maximum atomic E-state index is 12.8. The molecule has 5 nitrogen and oxygen atoms in total. The van der Waals surface area contributed by atoms with Crippen LogP contribution in [0.1, 0.15) is 78.1 Å². The number of urea groups is 1. The van der Waals surface area contributed by atoms with Crippen molar-refractivity contribution >= 4 is 11.9 Å². The highest BCUT2D eigenvalue weighted by Gasteiger charge is 2.60. The summed E-state index contributed by atoms with van der Waals surface area (Å²) in [5.41, 5.74) is 0.835. The second kappa shape index (κ2) is 5.87. The van der Waals surface area contributed by atoms with Crippen LogP contribution in [-0.4, -0.2) is 41.5 Å². The normalized spacial score (nSPS) is 43.6. The van der Waals surface area contributed by atoms with Crippen LogP contribution in [0.3, 0.4) is 0 Å². The Hall–Kier alpha value is -1.26. The fourth-order valence-electron chi connectivity index (χ4n) is 7.88. The molecular formula is C22H35N3O2. The second-order valence-corrected chi connectivity index (χ2v) is 11.4. The molecule has 1 heterocycles. The Morgan fingerprint density at radius 1 is 0.889 bits per heavy atom. The molecule has 1 aliphatic heterocycles. The zero-order chi connectivity index (χ0) is 18.9. The molecular weight excluding hydrogens is 338 g/mol. The molecule has 150 valence electrons. The van der Waals surface area contributed by atoms with E-state index in [1.807, 2.05) is 4.90 Å². The predicted molar refractivity (Wildman–Crippen MR) is 104 cm³/mol. The van der Waals surface area contributed by atoms with Gasteiger partial charge < -0.3 is 15.5 Å². The van der Waals surface area contributed by atoms with Gasteiger partial charge in [-0.15, -0.1) is 0 Å². The Labute approximate surface area is 163 Å². The molecule has 6 fully saturated rings. The Morgan fingerprint density at radius 3 is 2.07 bits per heavy atom. The number of rotatable bonds is 3. The molecule has 2 N–H and O–H groups in total. The van der Waals surface area contributed by atoms with Crippen LogP contribution in [-0.2, 0) is 4.79 Å². The minimum Gasteiger partial charge on any atom is -0.342 e. The number of hydrogen-bond acceptors (Lipinski definition) is 2. The molecule has 27 heavy (non-hydrogen) atoms. The van der Waals surface area contributed by atoms with Gasteiger partial charge in [0.15, 0.2) is 0 Å². The fourth-order valence-corrected chi connectivity index (χ4v) is 7.88. The summed E-state index contributed by atoms with van der Waals surface area (Å²) in [6, 6.07) is 0.226. The average molecular weight is 374 g/mol. The van der Waals surface area contributed by atoms with Gasteiger partial charge in [-0.2, -0.15) is 0 Å². The van der Waals surface area contributed by atoms with Crippen LogP contribution in [0.2, 0.25) is 0 Å². The molecule has 0 spiro atoms. The number of piperidine rings is 1. The highest BCUT2D eigenvalue weighted by atomic mass is 16.2. The lowest BCUT2D eigenvalue weighted by Gasteiger charge is -2.65. The van der Waals surface area contributed by atoms with E-state index in [1.165, 1.54) is 25.7 Å². The van der Waals surface area contributed by atoms with Gasteiger partial charge in [-0.3, -0.25) is 4.79 Å². The van der Waals surface area contributed by atoms with Crippen LogP contribution in [0.4, 0.5) is 4.79 Å². The van der Waals surface area contributed by atoms with Gasteiger partial charge in [-0.25, -0.2) is 4.79 Å². The third-order valence-corrected chi connectivity index (χ3v) is 8.07. The summed E-state index contributed by atoms with van der Waals surface area (Å²) < 4.78 is 0. The van der Waals surface area contributed by atoms with Crippen LogP contribution in [0.5, 0.6) is 0 Å². The largest absolute Gasteiger partial charge is 0.342 e. The first-order valence-electron chi connectivity index (χ1n) is 11.1. The van der Waals surface area contributed by atoms with Gasteiger partial charge in [0.2, 0.25) is 5.91 Å². The summed E-state index contributed by atoms with van der Waals surface area (Å²) in [7, 11) is 0. The highest BCUT2D eigenvalue weighted by Crippen LogP contribution is 2.66. The van der Waals surface area contributed by atoms with Gasteiger partial charge >= 0.3 is 6.03 Å². The van der Waals surface area contributed by atoms with E-state index in [0.29, 0.717) is 22.7 Å². The molecule has 5 saturated carbocycles. The molecule has 6 aliphatic rings. The predicted octanol–water partition coefficient (Wildman–Crippen LogP) is 3.44. The van der Waals surface area contributed by atoms with Crippen molar-refractivity contribution in [2.75, 3.05) is 13.1 Å². The standard InChI is InChI=1S/C22H35N3O2/c1-20-9-15-10-21(2,12-20)14-22(11-15,13-20)24-19(27)23-17-5-7-25(8-6-17)18(26)16-3-4-16/h15-17H,3-14H2,1-2H3,(H2,23,24,27). The van der Waals surface area contributed by atoms with Crippen LogP contribution in [0, 0.1) is 22.7 Å². The lowest BCUT2D eigenvalue weighted by molar-refractivity contribution is -0.133. The van der Waals surface area contributed by atoms with Crippen molar-refractivity contribution < 1.29 is 9.59 Å². The number of amides is 3. The quantitative estimate of drug-likeness (QED) is 0.796. The SMILES string of the molecule is CC12CC3CC(C)(C1)CC(NC(=O)NC1CCN(C(=O)C4CC4)CC1)(C3)C2. The minimum atomic E-state index is 0.00956. The molecule has 2 atom stereocenters. The molecule has 4 bridgehead atoms. The first-order valence-corrected chi connectivity index (χ1v) is 11.1. The smallest absolute Gasteiger partial charge is 0.315 e. The summed E-state index contributed by atoms with van der Waals surface area (Å²) >= 11 is 0. The van der Waals surface area contributed by atoms with Crippen molar-refractivity contribution in [3.63, 3.8) is 0 Å². The van der Waals surface area contributed by atoms with Crippen LogP contribution in [0.25, 0.3) is 0 Å². The van der Waals surface area contributed by atoms with Crippen molar-refractivity contribution in [2.45, 2.75) is 89.6 Å². The molecule has 0 radical (unpaired) electrons. The molecule has 5 heteroatoms. The molecule has 6 rings (SSSR count). The summed E-state index contributed by atoms with van der Waals surface area (Å²) in [5, 5.41) is 6.69. The molecule has 5 aliphatic carbocycles. The Kier molecular flexibility index (Phi) is 3.87. The lowest BCUT2D eigenvalue weighted by Crippen LogP contribution is -2.66. The molecule has 0 aromatic carbocycles. The van der Waals surface area contributed by atoms with Crippen LogP contribution >= 0.6 is 0 Å². The summed E-state index contributed by atoms with van der Waals surface area (Å²) in [6.07, 6.45) is 11.4. The number of carbonyl (C=O) groups excluding carboxylic acids is 2. The number of likely N-dealkylation sites (tertiary alicyclic amines) is 1. The molecule has 0 aromatic rings. The van der Waals surface area contributed by atoms with Gasteiger partial charge in [0, 0.05) is 30.6 Å². The topological polar surface area (TPSA) is 61.4 Å². The van der Waals surface area contributed by atoms with E-state index in [9.17, 15) is 9.59 Å². The average Bonchev–Trinajstić information content (AvgIpc) is 3.35. The third kappa shape index (κ3) is 3.36. The zero-order valence-electron chi connectivity index (χ0n) is 17.0. The molecule has 1 saturated heterocycles. The van der Waals surface area contributed by atoms with Gasteiger partial charge in [0.05, 0.1) is 0 Å². The van der Waals surface area contributed by atoms with Gasteiger partial charge in [-0.05, 0) is 81.0 Å². The first kappa shape index (κ1) is 17.8. The van der Waals surface area contributed by atoms with Crippen molar-refractivity contribution in [1.29, 1.82) is 0 Å². The van der Waals surface area contributed by atoms with E-state index in [0.717, 1.165) is 57.5 Å². The van der Waals surface area contributed by atoms with Crippen molar-refractivity contribution in [3.8, 4) is 0 Å². The zero-order valence-corrected chi connectivity index (χ0v) is 17.0. The van der Waals surface area contributed by atoms with Crippen LogP contribution < -0.4 is 10.6 Å². The Morgan fingerprint density at radius 2 is 1.52 bits per heavy atom. The van der Waals surface area contributed by atoms with E-state index in [1.54, 1.807) is 0 Å². The van der Waals surface area contributed by atoms with Gasteiger partial charge in [0.25, 0.3) is 0 Å². The maximum absolute atomic E-state index is 12.8. The maximum Gasteiger partial charge on any atom is 0.315 e. The minimum absolute atomic E-state index is 0.00956. The van der Waals surface area contributed by atoms with Crippen molar-refractivity contribution in [2.24, 2.45) is 22.7 Å². The van der Waals surface area contributed by atoms with E-state index < -0.39 is 0 Å². The van der Waals surface area contributed by atoms with E-state index in [4.69, 9.17) is 0 Å². The highest BCUT2D eigenvalue weighted by molar-refractivity contribution is 5.81. The summed E-state index contributed by atoms with van der Waals surface area (Å²) in [6.45, 7) is 6.47. The first-order chi connectivity index (χ1) is 12.8. The molecule has 0 aromatic heterocycles. The van der Waals surface area contributed by atoms with Crippen molar-refractivity contribution in [1.82, 2.24) is 15.5 Å². The number of nitrogens with one attached hydrogen (secondary N) is 2. The van der Waals surface area contributed by atoms with Crippen molar-refractivity contribution in [3.05, 3.63) is 0 Å². The van der Waals surface area contributed by atoms with Crippen LogP contribution in [0.15, 0.2) is 0 Å². The Balaban J connectivity index is 1.16. The van der Waals surface area contributed by atoms with E-state index >= 15 is 0 Å². The number of nitrogens with zero attached hydrogens (tertiary/aromatic N) is 1. The summed E-state index contributed by atoms with van der Waals surface area (Å²) in [4.78, 5) is 27.0. The molecule has 2 unspecified atom stereocenters. The molecule has 3 amide bonds. The number of hydrogen-bond donors (Lipinski definition) is 2. The second-order valence-electron chi connectivity index (χ2n) is 11.4. The lowest BCUT2D eigenvalue weighted by atomic mass is 9.43. The van der Waals surface area contributed by atoms with Gasteiger partial charge in [-0.1, -0.05) is 13.8 Å². The monoisotopic (exact) mass is 373 g/mol. The number of carbonyl (C=O) groups is 2. The van der Waals surface area contributed by atoms with E-state index in [-0.39, 0.29) is 17.6 Å². The third-order valence-electron chi connectivity index (χ3n) is 8.07. The Bertz CT molecular complexity index is 632.